The molecule has 3 N–H and O–H groups in total. The van der Waals surface area contributed by atoms with E-state index in [1.807, 2.05) is 19.1 Å². The zero-order valence-corrected chi connectivity index (χ0v) is 9.51. The minimum Gasteiger partial charge on any atom is -0.479 e. The Labute approximate surface area is 99.1 Å². The third kappa shape index (κ3) is 4.24. The SMILES string of the molecule is Cc1ccc(C(=O)NCCC(O)C(=O)O)cc1. The molecule has 0 aromatic heterocycles. The number of carboxylic acids is 1. The number of benzene rings is 1. The highest BCUT2D eigenvalue weighted by Crippen LogP contribution is 2.02. The van der Waals surface area contributed by atoms with Crippen molar-refractivity contribution >= 4 is 11.9 Å². The number of carboxylic acid groups (broad SMARTS) is 1. The first kappa shape index (κ1) is 13.2. The van der Waals surface area contributed by atoms with Gasteiger partial charge in [0.25, 0.3) is 5.91 Å². The molecule has 0 aliphatic rings. The Hall–Kier alpha value is -1.88. The van der Waals surface area contributed by atoms with Gasteiger partial charge in [-0.3, -0.25) is 4.79 Å². The van der Waals surface area contributed by atoms with Crippen LogP contribution in [0.4, 0.5) is 0 Å². The minimum absolute atomic E-state index is 0.00701. The Morgan fingerprint density at radius 1 is 1.29 bits per heavy atom. The average Bonchev–Trinajstić information content (AvgIpc) is 2.29. The van der Waals surface area contributed by atoms with E-state index in [1.54, 1.807) is 12.1 Å². The smallest absolute Gasteiger partial charge is 0.332 e. The monoisotopic (exact) mass is 237 g/mol. The molecule has 0 spiro atoms. The van der Waals surface area contributed by atoms with Crippen molar-refractivity contribution in [1.82, 2.24) is 5.32 Å². The van der Waals surface area contributed by atoms with E-state index in [0.717, 1.165) is 5.56 Å². The van der Waals surface area contributed by atoms with Crippen molar-refractivity contribution in [1.29, 1.82) is 0 Å². The van der Waals surface area contributed by atoms with Crippen LogP contribution in [0.5, 0.6) is 0 Å². The Bertz CT molecular complexity index is 399. The van der Waals surface area contributed by atoms with E-state index in [4.69, 9.17) is 10.2 Å². The number of carbonyl (C=O) groups is 2. The second-order valence-corrected chi connectivity index (χ2v) is 3.76. The van der Waals surface area contributed by atoms with Crippen LogP contribution in [0.1, 0.15) is 22.3 Å². The van der Waals surface area contributed by atoms with Gasteiger partial charge < -0.3 is 15.5 Å². The van der Waals surface area contributed by atoms with Crippen molar-refractivity contribution in [2.45, 2.75) is 19.4 Å². The molecule has 0 aliphatic heterocycles. The molecule has 5 heteroatoms. The highest BCUT2D eigenvalue weighted by atomic mass is 16.4. The van der Waals surface area contributed by atoms with Gasteiger partial charge in [0.15, 0.2) is 6.10 Å². The molecule has 0 saturated heterocycles. The van der Waals surface area contributed by atoms with Gasteiger partial charge in [-0.1, -0.05) is 17.7 Å². The number of hydrogen-bond donors (Lipinski definition) is 3. The van der Waals surface area contributed by atoms with Crippen LogP contribution in [0.3, 0.4) is 0 Å². The highest BCUT2D eigenvalue weighted by molar-refractivity contribution is 5.94. The third-order valence-electron chi connectivity index (χ3n) is 2.30. The van der Waals surface area contributed by atoms with Crippen LogP contribution in [-0.2, 0) is 4.79 Å². The molecule has 17 heavy (non-hydrogen) atoms. The van der Waals surface area contributed by atoms with Gasteiger partial charge in [0.05, 0.1) is 0 Å². The first-order valence-corrected chi connectivity index (χ1v) is 5.26. The van der Waals surface area contributed by atoms with Crippen LogP contribution >= 0.6 is 0 Å². The molecule has 0 bridgehead atoms. The lowest BCUT2D eigenvalue weighted by Crippen LogP contribution is -2.30. The fourth-order valence-electron chi connectivity index (χ4n) is 1.25. The summed E-state index contributed by atoms with van der Waals surface area (Å²) in [5, 5.41) is 20.0. The topological polar surface area (TPSA) is 86.6 Å². The largest absolute Gasteiger partial charge is 0.479 e. The lowest BCUT2D eigenvalue weighted by Gasteiger charge is -2.07. The van der Waals surface area contributed by atoms with Gasteiger partial charge >= 0.3 is 5.97 Å². The Balaban J connectivity index is 2.40. The summed E-state index contributed by atoms with van der Waals surface area (Å²) in [5.74, 6) is -1.56. The molecule has 0 fully saturated rings. The predicted octanol–water partition coefficient (Wildman–Crippen LogP) is 0.560. The molecule has 0 aliphatic carbocycles. The highest BCUT2D eigenvalue weighted by Gasteiger charge is 2.13. The maximum atomic E-state index is 11.6. The Morgan fingerprint density at radius 2 is 1.88 bits per heavy atom. The maximum Gasteiger partial charge on any atom is 0.332 e. The molecule has 1 atom stereocenters. The van der Waals surface area contributed by atoms with Crippen molar-refractivity contribution < 1.29 is 19.8 Å². The fraction of sp³-hybridized carbons (Fsp3) is 0.333. The zero-order valence-electron chi connectivity index (χ0n) is 9.51. The van der Waals surface area contributed by atoms with Gasteiger partial charge in [-0.15, -0.1) is 0 Å². The van der Waals surface area contributed by atoms with E-state index < -0.39 is 12.1 Å². The number of rotatable bonds is 5. The number of hydrogen-bond acceptors (Lipinski definition) is 3. The van der Waals surface area contributed by atoms with Crippen molar-refractivity contribution in [2.24, 2.45) is 0 Å². The van der Waals surface area contributed by atoms with Crippen molar-refractivity contribution in [3.8, 4) is 0 Å². The van der Waals surface area contributed by atoms with Crippen molar-refractivity contribution in [3.05, 3.63) is 35.4 Å². The molecule has 92 valence electrons. The molecule has 0 saturated carbocycles. The number of aryl methyl sites for hydroxylation is 1. The van der Waals surface area contributed by atoms with Crippen LogP contribution in [0.15, 0.2) is 24.3 Å². The number of carbonyl (C=O) groups excluding carboxylic acids is 1. The van der Waals surface area contributed by atoms with E-state index in [-0.39, 0.29) is 18.9 Å². The van der Waals surface area contributed by atoms with Crippen LogP contribution in [0.25, 0.3) is 0 Å². The van der Waals surface area contributed by atoms with Crippen LogP contribution in [0, 0.1) is 6.92 Å². The van der Waals surface area contributed by atoms with E-state index in [0.29, 0.717) is 5.56 Å². The summed E-state index contributed by atoms with van der Waals surface area (Å²) >= 11 is 0. The van der Waals surface area contributed by atoms with Crippen LogP contribution < -0.4 is 5.32 Å². The Kier molecular flexibility index (Phi) is 4.66. The van der Waals surface area contributed by atoms with Gasteiger partial charge in [-0.05, 0) is 19.1 Å². The van der Waals surface area contributed by atoms with Gasteiger partial charge in [-0.25, -0.2) is 4.79 Å². The molecule has 1 rings (SSSR count). The number of amides is 1. The zero-order chi connectivity index (χ0) is 12.8. The fourth-order valence-corrected chi connectivity index (χ4v) is 1.25. The van der Waals surface area contributed by atoms with Crippen molar-refractivity contribution in [2.75, 3.05) is 6.54 Å². The van der Waals surface area contributed by atoms with Gasteiger partial charge in [-0.2, -0.15) is 0 Å². The second-order valence-electron chi connectivity index (χ2n) is 3.76. The number of nitrogens with one attached hydrogen (secondary N) is 1. The minimum atomic E-state index is -1.44. The van der Waals surface area contributed by atoms with E-state index in [2.05, 4.69) is 5.32 Å². The standard InChI is InChI=1S/C12H15NO4/c1-8-2-4-9(5-3-8)11(15)13-7-6-10(14)12(16)17/h2-5,10,14H,6-7H2,1H3,(H,13,15)(H,16,17). The van der Waals surface area contributed by atoms with Gasteiger partial charge in [0, 0.05) is 18.5 Å². The lowest BCUT2D eigenvalue weighted by molar-refractivity contribution is -0.146. The first-order chi connectivity index (χ1) is 8.00. The molecule has 1 unspecified atom stereocenters. The number of aliphatic hydroxyl groups excluding tert-OH is 1. The summed E-state index contributed by atoms with van der Waals surface area (Å²) in [6.07, 6.45) is -1.44. The summed E-state index contributed by atoms with van der Waals surface area (Å²) in [4.78, 5) is 21.9. The first-order valence-electron chi connectivity index (χ1n) is 5.26. The normalized spacial score (nSPS) is 11.9. The molecule has 0 heterocycles. The Morgan fingerprint density at radius 3 is 2.41 bits per heavy atom. The summed E-state index contributed by atoms with van der Waals surface area (Å²) in [5.41, 5.74) is 1.57. The van der Waals surface area contributed by atoms with E-state index in [1.165, 1.54) is 0 Å². The van der Waals surface area contributed by atoms with Crippen LogP contribution in [0.2, 0.25) is 0 Å². The summed E-state index contributed by atoms with van der Waals surface area (Å²) < 4.78 is 0. The van der Waals surface area contributed by atoms with Crippen LogP contribution in [-0.4, -0.2) is 34.7 Å². The van der Waals surface area contributed by atoms with Gasteiger partial charge in [0.2, 0.25) is 0 Å². The molecule has 1 aromatic carbocycles. The molecule has 0 radical (unpaired) electrons. The number of aliphatic carboxylic acids is 1. The second kappa shape index (κ2) is 6.00. The molecular formula is C12H15NO4. The maximum absolute atomic E-state index is 11.6. The number of aliphatic hydroxyl groups is 1. The quantitative estimate of drug-likeness (QED) is 0.698. The summed E-state index contributed by atoms with van der Waals surface area (Å²) in [7, 11) is 0. The summed E-state index contributed by atoms with van der Waals surface area (Å²) in [6, 6.07) is 7.03. The average molecular weight is 237 g/mol. The molecule has 1 aromatic rings. The third-order valence-corrected chi connectivity index (χ3v) is 2.30. The predicted molar refractivity (Wildman–Crippen MR) is 61.8 cm³/mol. The molecule has 1 amide bonds. The summed E-state index contributed by atoms with van der Waals surface area (Å²) in [6.45, 7) is 2.05. The molecular weight excluding hydrogens is 222 g/mol. The van der Waals surface area contributed by atoms with Crippen molar-refractivity contribution in [3.63, 3.8) is 0 Å². The molecule has 5 nitrogen and oxygen atoms in total. The van der Waals surface area contributed by atoms with E-state index in [9.17, 15) is 9.59 Å². The van der Waals surface area contributed by atoms with E-state index >= 15 is 0 Å². The lowest BCUT2D eigenvalue weighted by atomic mass is 10.1. The van der Waals surface area contributed by atoms with Gasteiger partial charge in [0.1, 0.15) is 0 Å².